The van der Waals surface area contributed by atoms with Crippen molar-refractivity contribution in [2.45, 2.75) is 6.92 Å². The fourth-order valence-corrected chi connectivity index (χ4v) is 1.62. The molecular weight excluding hydrogens is 242 g/mol. The van der Waals surface area contributed by atoms with E-state index in [9.17, 15) is 9.59 Å². The fourth-order valence-electron chi connectivity index (χ4n) is 1.62. The molecule has 2 aromatic rings. The van der Waals surface area contributed by atoms with Crippen molar-refractivity contribution in [2.75, 3.05) is 5.32 Å². The molecule has 0 fully saturated rings. The lowest BCUT2D eigenvalue weighted by Crippen LogP contribution is -2.14. The summed E-state index contributed by atoms with van der Waals surface area (Å²) in [6, 6.07) is 15.7. The zero-order chi connectivity index (χ0) is 13.7. The summed E-state index contributed by atoms with van der Waals surface area (Å²) in [5, 5.41) is 2.74. The number of carbonyl (C=O) groups excluding carboxylic acids is 2. The molecule has 4 heteroatoms. The van der Waals surface area contributed by atoms with Gasteiger partial charge in [-0.1, -0.05) is 30.3 Å². The first-order valence-electron chi connectivity index (χ1n) is 5.80. The first kappa shape index (κ1) is 12.8. The van der Waals surface area contributed by atoms with E-state index >= 15 is 0 Å². The second-order valence-electron chi connectivity index (χ2n) is 3.91. The Labute approximate surface area is 111 Å². The van der Waals surface area contributed by atoms with Gasteiger partial charge in [-0.05, 0) is 24.3 Å². The number of hydrogen-bond acceptors (Lipinski definition) is 3. The Kier molecular flexibility index (Phi) is 3.93. The number of esters is 1. The van der Waals surface area contributed by atoms with Crippen LogP contribution in [0.25, 0.3) is 0 Å². The first-order valence-corrected chi connectivity index (χ1v) is 5.80. The number of para-hydroxylation sites is 2. The third-order valence-electron chi connectivity index (χ3n) is 2.42. The number of nitrogens with one attached hydrogen (secondary N) is 1. The van der Waals surface area contributed by atoms with Crippen LogP contribution < -0.4 is 10.1 Å². The van der Waals surface area contributed by atoms with Gasteiger partial charge in [-0.2, -0.15) is 0 Å². The Morgan fingerprint density at radius 1 is 0.947 bits per heavy atom. The van der Waals surface area contributed by atoms with Crippen molar-refractivity contribution in [1.82, 2.24) is 0 Å². The highest BCUT2D eigenvalue weighted by Crippen LogP contribution is 2.19. The molecule has 2 rings (SSSR count). The number of ether oxygens (including phenoxy) is 1. The molecular formula is C15H13NO3. The summed E-state index contributed by atoms with van der Waals surface area (Å²) in [5.41, 5.74) is 1.01. The molecule has 1 amide bonds. The Morgan fingerprint density at radius 2 is 1.58 bits per heavy atom. The summed E-state index contributed by atoms with van der Waals surface area (Å²) < 4.78 is 5.00. The largest absolute Gasteiger partial charge is 0.426 e. The molecule has 96 valence electrons. The SMILES string of the molecule is CC(=O)Oc1ccccc1C(=O)Nc1ccccc1. The number of amides is 1. The van der Waals surface area contributed by atoms with E-state index in [1.807, 2.05) is 18.2 Å². The van der Waals surface area contributed by atoms with Gasteiger partial charge in [0.05, 0.1) is 5.56 Å². The lowest BCUT2D eigenvalue weighted by Gasteiger charge is -2.09. The van der Waals surface area contributed by atoms with E-state index in [0.717, 1.165) is 0 Å². The summed E-state index contributed by atoms with van der Waals surface area (Å²) in [5.74, 6) is -0.522. The van der Waals surface area contributed by atoms with Crippen molar-refractivity contribution >= 4 is 17.6 Å². The molecule has 0 aromatic heterocycles. The number of hydrogen-bond donors (Lipinski definition) is 1. The molecule has 0 bridgehead atoms. The van der Waals surface area contributed by atoms with Crippen molar-refractivity contribution in [2.24, 2.45) is 0 Å². The average Bonchev–Trinajstić information content (AvgIpc) is 2.39. The highest BCUT2D eigenvalue weighted by Gasteiger charge is 2.13. The molecule has 0 spiro atoms. The van der Waals surface area contributed by atoms with E-state index in [2.05, 4.69) is 5.32 Å². The summed E-state index contributed by atoms with van der Waals surface area (Å²) in [4.78, 5) is 23.1. The van der Waals surface area contributed by atoms with E-state index in [1.165, 1.54) is 6.92 Å². The molecule has 2 aromatic carbocycles. The molecule has 0 aliphatic rings. The Bertz CT molecular complexity index is 593. The summed E-state index contributed by atoms with van der Waals surface area (Å²) in [6.07, 6.45) is 0. The van der Waals surface area contributed by atoms with Crippen LogP contribution in [0.5, 0.6) is 5.75 Å². The molecule has 0 radical (unpaired) electrons. The van der Waals surface area contributed by atoms with Crippen molar-refractivity contribution in [1.29, 1.82) is 0 Å². The maximum Gasteiger partial charge on any atom is 0.308 e. The van der Waals surface area contributed by atoms with Gasteiger partial charge >= 0.3 is 5.97 Å². The van der Waals surface area contributed by atoms with Crippen LogP contribution >= 0.6 is 0 Å². The molecule has 0 heterocycles. The Balaban J connectivity index is 2.21. The highest BCUT2D eigenvalue weighted by atomic mass is 16.5. The van der Waals surface area contributed by atoms with Gasteiger partial charge in [0.2, 0.25) is 0 Å². The predicted octanol–water partition coefficient (Wildman–Crippen LogP) is 2.86. The summed E-state index contributed by atoms with van der Waals surface area (Å²) in [7, 11) is 0. The molecule has 0 unspecified atom stereocenters. The lowest BCUT2D eigenvalue weighted by atomic mass is 10.2. The Morgan fingerprint density at radius 3 is 2.26 bits per heavy atom. The smallest absolute Gasteiger partial charge is 0.308 e. The van der Waals surface area contributed by atoms with Gasteiger partial charge in [-0.25, -0.2) is 0 Å². The maximum atomic E-state index is 12.1. The molecule has 0 saturated heterocycles. The standard InChI is InChI=1S/C15H13NO3/c1-11(17)19-14-10-6-5-9-13(14)15(18)16-12-7-3-2-4-8-12/h2-10H,1H3,(H,16,18). The third-order valence-corrected chi connectivity index (χ3v) is 2.42. The van der Waals surface area contributed by atoms with Gasteiger partial charge in [0.15, 0.2) is 0 Å². The molecule has 0 atom stereocenters. The van der Waals surface area contributed by atoms with Crippen LogP contribution in [-0.4, -0.2) is 11.9 Å². The zero-order valence-corrected chi connectivity index (χ0v) is 10.4. The second kappa shape index (κ2) is 5.82. The predicted molar refractivity (Wildman–Crippen MR) is 72.1 cm³/mol. The van der Waals surface area contributed by atoms with Crippen LogP contribution in [0.2, 0.25) is 0 Å². The van der Waals surface area contributed by atoms with E-state index in [-0.39, 0.29) is 11.7 Å². The van der Waals surface area contributed by atoms with E-state index in [0.29, 0.717) is 11.3 Å². The number of benzene rings is 2. The minimum Gasteiger partial charge on any atom is -0.426 e. The third kappa shape index (κ3) is 3.42. The molecule has 0 aliphatic heterocycles. The quantitative estimate of drug-likeness (QED) is 0.677. The van der Waals surface area contributed by atoms with Gasteiger partial charge in [-0.15, -0.1) is 0 Å². The normalized spacial score (nSPS) is 9.74. The summed E-state index contributed by atoms with van der Waals surface area (Å²) >= 11 is 0. The van der Waals surface area contributed by atoms with Gasteiger partial charge in [0.25, 0.3) is 5.91 Å². The minimum absolute atomic E-state index is 0.253. The first-order chi connectivity index (χ1) is 9.16. The summed E-state index contributed by atoms with van der Waals surface area (Å²) in [6.45, 7) is 1.30. The monoisotopic (exact) mass is 255 g/mol. The van der Waals surface area contributed by atoms with Gasteiger partial charge < -0.3 is 10.1 Å². The molecule has 0 saturated carbocycles. The van der Waals surface area contributed by atoms with Crippen LogP contribution in [0.3, 0.4) is 0 Å². The molecule has 4 nitrogen and oxygen atoms in total. The van der Waals surface area contributed by atoms with E-state index in [1.54, 1.807) is 36.4 Å². The number of carbonyl (C=O) groups is 2. The van der Waals surface area contributed by atoms with Crippen LogP contribution in [0, 0.1) is 0 Å². The van der Waals surface area contributed by atoms with Crippen molar-refractivity contribution < 1.29 is 14.3 Å². The van der Waals surface area contributed by atoms with Gasteiger partial charge in [0.1, 0.15) is 5.75 Å². The zero-order valence-electron chi connectivity index (χ0n) is 10.4. The van der Waals surface area contributed by atoms with E-state index in [4.69, 9.17) is 4.74 Å². The van der Waals surface area contributed by atoms with Crippen LogP contribution in [0.4, 0.5) is 5.69 Å². The minimum atomic E-state index is -0.458. The van der Waals surface area contributed by atoms with Crippen LogP contribution in [-0.2, 0) is 4.79 Å². The number of anilines is 1. The second-order valence-corrected chi connectivity index (χ2v) is 3.91. The van der Waals surface area contributed by atoms with Crippen molar-refractivity contribution in [3.63, 3.8) is 0 Å². The van der Waals surface area contributed by atoms with Gasteiger partial charge in [-0.3, -0.25) is 9.59 Å². The van der Waals surface area contributed by atoms with Crippen LogP contribution in [0.1, 0.15) is 17.3 Å². The average molecular weight is 255 g/mol. The lowest BCUT2D eigenvalue weighted by molar-refractivity contribution is -0.131. The van der Waals surface area contributed by atoms with Crippen molar-refractivity contribution in [3.05, 3.63) is 60.2 Å². The molecule has 1 N–H and O–H groups in total. The Hall–Kier alpha value is -2.62. The van der Waals surface area contributed by atoms with Crippen molar-refractivity contribution in [3.8, 4) is 5.75 Å². The topological polar surface area (TPSA) is 55.4 Å². The number of rotatable bonds is 3. The maximum absolute atomic E-state index is 12.1. The van der Waals surface area contributed by atoms with E-state index < -0.39 is 5.97 Å². The van der Waals surface area contributed by atoms with Crippen LogP contribution in [0.15, 0.2) is 54.6 Å². The molecule has 19 heavy (non-hydrogen) atoms. The van der Waals surface area contributed by atoms with Gasteiger partial charge in [0, 0.05) is 12.6 Å². The molecule has 0 aliphatic carbocycles. The highest BCUT2D eigenvalue weighted by molar-refractivity contribution is 6.06. The fraction of sp³-hybridized carbons (Fsp3) is 0.0667.